The summed E-state index contributed by atoms with van der Waals surface area (Å²) in [5.41, 5.74) is 8.22. The zero-order valence-corrected chi connectivity index (χ0v) is 12.8. The SMILES string of the molecule is CC(C)c1nn(C)c(N(C)C2CCCCCC2)c1N. The smallest absolute Gasteiger partial charge is 0.150 e. The molecule has 1 fully saturated rings. The van der Waals surface area contributed by atoms with Crippen molar-refractivity contribution in [1.82, 2.24) is 9.78 Å². The van der Waals surface area contributed by atoms with Crippen molar-refractivity contribution >= 4 is 11.5 Å². The van der Waals surface area contributed by atoms with Gasteiger partial charge in [-0.3, -0.25) is 4.68 Å². The van der Waals surface area contributed by atoms with Gasteiger partial charge >= 0.3 is 0 Å². The first-order valence-electron chi connectivity index (χ1n) is 7.57. The quantitative estimate of drug-likeness (QED) is 0.852. The van der Waals surface area contributed by atoms with E-state index in [0.29, 0.717) is 12.0 Å². The number of hydrogen-bond donors (Lipinski definition) is 1. The number of anilines is 2. The fourth-order valence-electron chi connectivity index (χ4n) is 3.21. The lowest BCUT2D eigenvalue weighted by atomic mass is 10.1. The van der Waals surface area contributed by atoms with Gasteiger partial charge in [0.15, 0.2) is 0 Å². The van der Waals surface area contributed by atoms with Crippen LogP contribution in [0.4, 0.5) is 11.5 Å². The van der Waals surface area contributed by atoms with Crippen molar-refractivity contribution in [2.45, 2.75) is 64.3 Å². The Morgan fingerprint density at radius 2 is 1.79 bits per heavy atom. The predicted octanol–water partition coefficient (Wildman–Crippen LogP) is 3.28. The van der Waals surface area contributed by atoms with E-state index >= 15 is 0 Å². The number of nitrogens with zero attached hydrogens (tertiary/aromatic N) is 3. The van der Waals surface area contributed by atoms with Gasteiger partial charge in [0.05, 0.1) is 11.4 Å². The highest BCUT2D eigenvalue weighted by Crippen LogP contribution is 2.33. The minimum atomic E-state index is 0.377. The molecular formula is C15H28N4. The van der Waals surface area contributed by atoms with Gasteiger partial charge in [-0.15, -0.1) is 0 Å². The molecule has 0 radical (unpaired) electrons. The molecule has 108 valence electrons. The average molecular weight is 264 g/mol. The van der Waals surface area contributed by atoms with E-state index in [1.165, 1.54) is 38.5 Å². The van der Waals surface area contributed by atoms with Crippen molar-refractivity contribution in [1.29, 1.82) is 0 Å². The third kappa shape index (κ3) is 2.88. The lowest BCUT2D eigenvalue weighted by molar-refractivity contribution is 0.539. The van der Waals surface area contributed by atoms with Crippen LogP contribution in [0.25, 0.3) is 0 Å². The standard InChI is InChI=1S/C15H28N4/c1-11(2)14-13(16)15(19(4)17-14)18(3)12-9-7-5-6-8-10-12/h11-12H,5-10,16H2,1-4H3. The molecule has 0 atom stereocenters. The largest absolute Gasteiger partial charge is 0.394 e. The van der Waals surface area contributed by atoms with E-state index < -0.39 is 0 Å². The maximum atomic E-state index is 6.33. The van der Waals surface area contributed by atoms with Crippen LogP contribution in [0.15, 0.2) is 0 Å². The zero-order valence-electron chi connectivity index (χ0n) is 12.8. The number of nitrogen functional groups attached to an aromatic ring is 1. The first-order valence-corrected chi connectivity index (χ1v) is 7.57. The minimum Gasteiger partial charge on any atom is -0.394 e. The number of rotatable bonds is 3. The first kappa shape index (κ1) is 14.2. The zero-order chi connectivity index (χ0) is 14.0. The van der Waals surface area contributed by atoms with Crippen LogP contribution >= 0.6 is 0 Å². The molecule has 1 aromatic rings. The normalized spacial score (nSPS) is 17.7. The summed E-state index contributed by atoms with van der Waals surface area (Å²) in [6.45, 7) is 4.29. The van der Waals surface area contributed by atoms with Gasteiger partial charge in [0.25, 0.3) is 0 Å². The molecule has 4 heteroatoms. The van der Waals surface area contributed by atoms with E-state index in [-0.39, 0.29) is 0 Å². The second-order valence-corrected chi connectivity index (χ2v) is 6.16. The third-order valence-electron chi connectivity index (χ3n) is 4.33. The second kappa shape index (κ2) is 5.85. The van der Waals surface area contributed by atoms with Crippen molar-refractivity contribution in [2.24, 2.45) is 7.05 Å². The van der Waals surface area contributed by atoms with E-state index in [0.717, 1.165) is 17.2 Å². The number of aromatic nitrogens is 2. The van der Waals surface area contributed by atoms with E-state index in [1.807, 2.05) is 11.7 Å². The molecule has 2 rings (SSSR count). The van der Waals surface area contributed by atoms with Crippen LogP contribution < -0.4 is 10.6 Å². The number of hydrogen-bond acceptors (Lipinski definition) is 3. The molecule has 0 bridgehead atoms. The van der Waals surface area contributed by atoms with Crippen LogP contribution in [-0.2, 0) is 7.05 Å². The highest BCUT2D eigenvalue weighted by molar-refractivity contribution is 5.67. The molecule has 0 amide bonds. The number of nitrogens with two attached hydrogens (primary N) is 1. The third-order valence-corrected chi connectivity index (χ3v) is 4.33. The van der Waals surface area contributed by atoms with Crippen molar-refractivity contribution in [2.75, 3.05) is 17.7 Å². The van der Waals surface area contributed by atoms with Crippen LogP contribution in [-0.4, -0.2) is 22.9 Å². The fourth-order valence-corrected chi connectivity index (χ4v) is 3.21. The minimum absolute atomic E-state index is 0.377. The molecule has 0 aliphatic heterocycles. The van der Waals surface area contributed by atoms with E-state index in [9.17, 15) is 0 Å². The molecule has 1 heterocycles. The van der Waals surface area contributed by atoms with E-state index in [1.54, 1.807) is 0 Å². The Bertz CT molecular complexity index is 414. The average Bonchev–Trinajstić information content (AvgIpc) is 2.58. The van der Waals surface area contributed by atoms with Crippen molar-refractivity contribution < 1.29 is 0 Å². The second-order valence-electron chi connectivity index (χ2n) is 6.16. The Labute approximate surface area is 117 Å². The number of aryl methyl sites for hydroxylation is 1. The molecule has 0 aromatic carbocycles. The van der Waals surface area contributed by atoms with Crippen LogP contribution in [0, 0.1) is 0 Å². The maximum Gasteiger partial charge on any atom is 0.150 e. The van der Waals surface area contributed by atoms with Crippen LogP contribution in [0.1, 0.15) is 64.0 Å². The van der Waals surface area contributed by atoms with Gasteiger partial charge in [-0.25, -0.2) is 0 Å². The van der Waals surface area contributed by atoms with Gasteiger partial charge in [0, 0.05) is 20.1 Å². The van der Waals surface area contributed by atoms with Crippen LogP contribution in [0.3, 0.4) is 0 Å². The van der Waals surface area contributed by atoms with Gasteiger partial charge in [-0.2, -0.15) is 5.10 Å². The molecule has 1 aliphatic carbocycles. The Morgan fingerprint density at radius 3 is 2.26 bits per heavy atom. The summed E-state index contributed by atoms with van der Waals surface area (Å²) in [5, 5.41) is 4.60. The molecule has 4 nitrogen and oxygen atoms in total. The van der Waals surface area contributed by atoms with Crippen molar-refractivity contribution in [3.8, 4) is 0 Å². The Kier molecular flexibility index (Phi) is 4.38. The molecular weight excluding hydrogens is 236 g/mol. The summed E-state index contributed by atoms with van der Waals surface area (Å²) in [6.07, 6.45) is 7.98. The van der Waals surface area contributed by atoms with Gasteiger partial charge in [-0.05, 0) is 18.8 Å². The topological polar surface area (TPSA) is 47.1 Å². The molecule has 2 N–H and O–H groups in total. The van der Waals surface area contributed by atoms with E-state index in [4.69, 9.17) is 5.73 Å². The summed E-state index contributed by atoms with van der Waals surface area (Å²) in [7, 11) is 4.18. The molecule has 0 spiro atoms. The monoisotopic (exact) mass is 264 g/mol. The summed E-state index contributed by atoms with van der Waals surface area (Å²) < 4.78 is 1.95. The van der Waals surface area contributed by atoms with Gasteiger partial charge in [0.1, 0.15) is 5.82 Å². The molecule has 1 aromatic heterocycles. The predicted molar refractivity (Wildman–Crippen MR) is 81.6 cm³/mol. The highest BCUT2D eigenvalue weighted by Gasteiger charge is 2.24. The van der Waals surface area contributed by atoms with Crippen molar-refractivity contribution in [3.63, 3.8) is 0 Å². The maximum absolute atomic E-state index is 6.33. The first-order chi connectivity index (χ1) is 9.02. The van der Waals surface area contributed by atoms with Gasteiger partial charge < -0.3 is 10.6 Å². The Hall–Kier alpha value is -1.19. The highest BCUT2D eigenvalue weighted by atomic mass is 15.4. The Balaban J connectivity index is 2.24. The van der Waals surface area contributed by atoms with Gasteiger partial charge in [-0.1, -0.05) is 39.5 Å². The lowest BCUT2D eigenvalue weighted by Crippen LogP contribution is -2.33. The van der Waals surface area contributed by atoms with Gasteiger partial charge in [0.2, 0.25) is 0 Å². The molecule has 19 heavy (non-hydrogen) atoms. The van der Waals surface area contributed by atoms with Crippen LogP contribution in [0.5, 0.6) is 0 Å². The van der Waals surface area contributed by atoms with Crippen LogP contribution in [0.2, 0.25) is 0 Å². The fraction of sp³-hybridized carbons (Fsp3) is 0.800. The molecule has 1 aliphatic rings. The lowest BCUT2D eigenvalue weighted by Gasteiger charge is -2.29. The summed E-state index contributed by atoms with van der Waals surface area (Å²) in [5.74, 6) is 1.47. The summed E-state index contributed by atoms with van der Waals surface area (Å²) >= 11 is 0. The molecule has 1 saturated carbocycles. The van der Waals surface area contributed by atoms with E-state index in [2.05, 4.69) is 30.9 Å². The Morgan fingerprint density at radius 1 is 1.21 bits per heavy atom. The summed E-state index contributed by atoms with van der Waals surface area (Å²) in [4.78, 5) is 2.36. The van der Waals surface area contributed by atoms with Crippen molar-refractivity contribution in [3.05, 3.63) is 5.69 Å². The molecule has 0 saturated heterocycles. The molecule has 0 unspecified atom stereocenters. The summed E-state index contributed by atoms with van der Waals surface area (Å²) in [6, 6.07) is 0.611.